The van der Waals surface area contributed by atoms with Crippen molar-refractivity contribution in [3.05, 3.63) is 0 Å². The first-order valence-electron chi connectivity index (χ1n) is 6.38. The number of amides is 1. The van der Waals surface area contributed by atoms with Crippen LogP contribution in [0.25, 0.3) is 0 Å². The lowest BCUT2D eigenvalue weighted by Crippen LogP contribution is -2.34. The zero-order chi connectivity index (χ0) is 12.3. The Bertz CT molecular complexity index is 250. The van der Waals surface area contributed by atoms with Gasteiger partial charge in [0.15, 0.2) is 0 Å². The van der Waals surface area contributed by atoms with Crippen LogP contribution in [0.3, 0.4) is 0 Å². The van der Waals surface area contributed by atoms with Crippen LogP contribution in [0.4, 0.5) is 4.79 Å². The Labute approximate surface area is 100 Å². The van der Waals surface area contributed by atoms with Gasteiger partial charge in [0.25, 0.3) is 0 Å². The Morgan fingerprint density at radius 3 is 2.38 bits per heavy atom. The highest BCUT2D eigenvalue weighted by atomic mass is 28.3. The summed E-state index contributed by atoms with van der Waals surface area (Å²) in [6.45, 7) is 11.5. The van der Waals surface area contributed by atoms with E-state index in [9.17, 15) is 4.79 Å². The minimum atomic E-state index is -1.27. The summed E-state index contributed by atoms with van der Waals surface area (Å²) in [4.78, 5) is 13.7. The van der Waals surface area contributed by atoms with Gasteiger partial charge in [0, 0.05) is 5.67 Å². The van der Waals surface area contributed by atoms with E-state index in [1.165, 1.54) is 12.8 Å². The van der Waals surface area contributed by atoms with Crippen molar-refractivity contribution in [3.63, 3.8) is 0 Å². The molecular weight excluding hydrogens is 218 g/mol. The molecule has 16 heavy (non-hydrogen) atoms. The van der Waals surface area contributed by atoms with Crippen LogP contribution in [-0.2, 0) is 4.74 Å². The predicted molar refractivity (Wildman–Crippen MR) is 69.3 cm³/mol. The summed E-state index contributed by atoms with van der Waals surface area (Å²) in [5, 5.41) is 0. The minimum absolute atomic E-state index is 0.101. The Morgan fingerprint density at radius 2 is 1.94 bits per heavy atom. The molecule has 1 aliphatic heterocycles. The Balaban J connectivity index is 2.58. The maximum Gasteiger partial charge on any atom is 0.410 e. The van der Waals surface area contributed by atoms with Crippen LogP contribution in [0, 0.1) is 0 Å². The summed E-state index contributed by atoms with van der Waals surface area (Å²) < 4.78 is 5.11. The smallest absolute Gasteiger partial charge is 0.410 e. The molecule has 1 amide bonds. The average molecular weight is 243 g/mol. The van der Waals surface area contributed by atoms with Crippen LogP contribution in [-0.4, -0.2) is 37.4 Å². The van der Waals surface area contributed by atoms with Crippen molar-refractivity contribution in [2.75, 3.05) is 6.61 Å². The largest absolute Gasteiger partial charge is 0.450 e. The molecule has 0 aliphatic carbocycles. The fourth-order valence-electron chi connectivity index (χ4n) is 2.43. The van der Waals surface area contributed by atoms with Gasteiger partial charge in [-0.1, -0.05) is 39.4 Å². The van der Waals surface area contributed by atoms with Gasteiger partial charge >= 0.3 is 6.09 Å². The molecule has 1 rings (SSSR count). The summed E-state index contributed by atoms with van der Waals surface area (Å²) in [5.74, 6) is 0. The zero-order valence-electron chi connectivity index (χ0n) is 11.2. The Morgan fingerprint density at radius 1 is 1.31 bits per heavy atom. The number of rotatable bonds is 5. The van der Waals surface area contributed by atoms with Crippen molar-refractivity contribution >= 4 is 14.2 Å². The van der Waals surface area contributed by atoms with Crippen molar-refractivity contribution in [2.45, 2.75) is 64.5 Å². The van der Waals surface area contributed by atoms with Crippen LogP contribution in [0.5, 0.6) is 0 Å². The lowest BCUT2D eigenvalue weighted by atomic mass is 10.2. The maximum absolute atomic E-state index is 11.8. The molecule has 0 radical (unpaired) electrons. The molecule has 1 saturated heterocycles. The van der Waals surface area contributed by atoms with Gasteiger partial charge in [-0.15, -0.1) is 0 Å². The lowest BCUT2D eigenvalue weighted by Gasteiger charge is -2.14. The van der Waals surface area contributed by atoms with Crippen LogP contribution in [0.1, 0.15) is 33.1 Å². The summed E-state index contributed by atoms with van der Waals surface area (Å²) in [5.41, 5.74) is 0.498. The standard InChI is InChI=1S/C12H25NO2Si/c1-6-8-9-10-11(16(3,4)5)13(10)12(14)15-7-2/h10-11H,6-9H2,1-5H3/t10-,11-,13?/m0/s1. The fourth-order valence-corrected chi connectivity index (χ4v) is 4.96. The van der Waals surface area contributed by atoms with E-state index in [1.54, 1.807) is 0 Å². The molecule has 0 N–H and O–H groups in total. The first kappa shape index (κ1) is 13.6. The van der Waals surface area contributed by atoms with Crippen LogP contribution >= 0.6 is 0 Å². The number of unbranched alkanes of at least 4 members (excludes halogenated alkanes) is 1. The Hall–Kier alpha value is -0.513. The molecular formula is C12H25NO2Si. The van der Waals surface area contributed by atoms with E-state index in [0.29, 0.717) is 18.3 Å². The number of carbonyl (C=O) groups is 1. The van der Waals surface area contributed by atoms with Gasteiger partial charge in [0.1, 0.15) is 0 Å². The van der Waals surface area contributed by atoms with E-state index in [0.717, 1.165) is 6.42 Å². The summed E-state index contributed by atoms with van der Waals surface area (Å²) >= 11 is 0. The Kier molecular flexibility index (Phi) is 4.41. The minimum Gasteiger partial charge on any atom is -0.450 e. The third-order valence-electron chi connectivity index (χ3n) is 3.15. The predicted octanol–water partition coefficient (Wildman–Crippen LogP) is 3.26. The monoisotopic (exact) mass is 243 g/mol. The van der Waals surface area contributed by atoms with Crippen molar-refractivity contribution in [3.8, 4) is 0 Å². The second-order valence-electron chi connectivity index (χ2n) is 5.63. The number of hydrogen-bond acceptors (Lipinski definition) is 2. The number of nitrogens with zero attached hydrogens (tertiary/aromatic N) is 1. The molecule has 3 nitrogen and oxygen atoms in total. The van der Waals surface area contributed by atoms with Gasteiger partial charge in [0.2, 0.25) is 0 Å². The molecule has 94 valence electrons. The molecule has 0 aromatic carbocycles. The van der Waals surface area contributed by atoms with Gasteiger partial charge < -0.3 is 9.64 Å². The maximum atomic E-state index is 11.8. The van der Waals surface area contributed by atoms with Crippen molar-refractivity contribution < 1.29 is 9.53 Å². The van der Waals surface area contributed by atoms with E-state index < -0.39 is 8.07 Å². The van der Waals surface area contributed by atoms with Crippen molar-refractivity contribution in [2.24, 2.45) is 0 Å². The fraction of sp³-hybridized carbons (Fsp3) is 0.917. The van der Waals surface area contributed by atoms with Crippen LogP contribution in [0.2, 0.25) is 19.6 Å². The average Bonchev–Trinajstić information content (AvgIpc) is 2.88. The molecule has 0 bridgehead atoms. The van der Waals surface area contributed by atoms with E-state index in [4.69, 9.17) is 4.74 Å². The molecule has 1 fully saturated rings. The van der Waals surface area contributed by atoms with Gasteiger partial charge in [0.05, 0.1) is 20.7 Å². The molecule has 1 heterocycles. The van der Waals surface area contributed by atoms with Gasteiger partial charge in [-0.25, -0.2) is 4.79 Å². The molecule has 0 spiro atoms. The number of ether oxygens (including phenoxy) is 1. The number of hydrogen-bond donors (Lipinski definition) is 0. The SMILES string of the molecule is CCCC[C@H]1[C@H]([Si](C)(C)C)N1C(=O)OCC. The second kappa shape index (κ2) is 5.21. The van der Waals surface area contributed by atoms with Crippen LogP contribution in [0.15, 0.2) is 0 Å². The summed E-state index contributed by atoms with van der Waals surface area (Å²) in [7, 11) is -1.27. The molecule has 4 heteroatoms. The molecule has 1 aliphatic rings. The highest BCUT2D eigenvalue weighted by Gasteiger charge is 2.57. The normalized spacial score (nSPS) is 24.4. The number of carbonyl (C=O) groups excluding carboxylic acids is 1. The van der Waals surface area contributed by atoms with Gasteiger partial charge in [-0.3, -0.25) is 0 Å². The highest BCUT2D eigenvalue weighted by molar-refractivity contribution is 6.78. The third-order valence-corrected chi connectivity index (χ3v) is 5.59. The summed E-state index contributed by atoms with van der Waals surface area (Å²) in [6.07, 6.45) is 3.45. The van der Waals surface area contributed by atoms with E-state index >= 15 is 0 Å². The van der Waals surface area contributed by atoms with E-state index in [1.807, 2.05) is 11.8 Å². The quantitative estimate of drug-likeness (QED) is 0.548. The molecule has 0 saturated carbocycles. The first-order chi connectivity index (χ1) is 7.43. The molecule has 0 unspecified atom stereocenters. The van der Waals surface area contributed by atoms with Crippen molar-refractivity contribution in [1.82, 2.24) is 4.90 Å². The zero-order valence-corrected chi connectivity index (χ0v) is 12.2. The second-order valence-corrected chi connectivity index (χ2v) is 11.0. The highest BCUT2D eigenvalue weighted by Crippen LogP contribution is 2.39. The lowest BCUT2D eigenvalue weighted by molar-refractivity contribution is 0.133. The molecule has 2 atom stereocenters. The van der Waals surface area contributed by atoms with Gasteiger partial charge in [-0.05, 0) is 13.3 Å². The first-order valence-corrected chi connectivity index (χ1v) is 9.96. The molecule has 0 aromatic heterocycles. The topological polar surface area (TPSA) is 29.3 Å². The van der Waals surface area contributed by atoms with E-state index in [-0.39, 0.29) is 6.09 Å². The summed E-state index contributed by atoms with van der Waals surface area (Å²) in [6, 6.07) is 0.464. The molecule has 0 aromatic rings. The van der Waals surface area contributed by atoms with E-state index in [2.05, 4.69) is 26.6 Å². The third kappa shape index (κ3) is 3.00. The van der Waals surface area contributed by atoms with Crippen molar-refractivity contribution in [1.29, 1.82) is 0 Å². The van der Waals surface area contributed by atoms with Crippen LogP contribution < -0.4 is 0 Å². The van der Waals surface area contributed by atoms with Gasteiger partial charge in [-0.2, -0.15) is 0 Å².